The van der Waals surface area contributed by atoms with Gasteiger partial charge in [-0.25, -0.2) is 8.42 Å². The van der Waals surface area contributed by atoms with Crippen molar-refractivity contribution in [1.29, 1.82) is 0 Å². The third-order valence-electron chi connectivity index (χ3n) is 1.43. The molecule has 1 rings (SSSR count). The van der Waals surface area contributed by atoms with Gasteiger partial charge in [0, 0.05) is 22.4 Å². The van der Waals surface area contributed by atoms with E-state index in [1.165, 1.54) is 12.1 Å². The van der Waals surface area contributed by atoms with Crippen molar-refractivity contribution in [3.05, 3.63) is 29.8 Å². The SMILES string of the molecule is Cc1ccc(S(=O)(=O)NCl)cc1.[Ag].[NaH]. The maximum absolute atomic E-state index is 11.1. The molecule has 0 aliphatic rings. The van der Waals surface area contributed by atoms with Gasteiger partial charge in [-0.1, -0.05) is 17.7 Å². The number of hydrogen-bond donors (Lipinski definition) is 1. The summed E-state index contributed by atoms with van der Waals surface area (Å²) in [7, 11) is -3.50. The Morgan fingerprint density at radius 1 is 1.21 bits per heavy atom. The summed E-state index contributed by atoms with van der Waals surface area (Å²) < 4.78 is 23.9. The van der Waals surface area contributed by atoms with E-state index in [1.807, 2.05) is 6.92 Å². The molecule has 1 aromatic carbocycles. The van der Waals surface area contributed by atoms with Crippen molar-refractivity contribution in [2.75, 3.05) is 0 Å². The Hall–Kier alpha value is 1.16. The first-order valence-electron chi connectivity index (χ1n) is 3.25. The maximum atomic E-state index is 11.1. The van der Waals surface area contributed by atoms with Gasteiger partial charge in [-0.3, -0.25) is 0 Å². The number of sulfonamides is 1. The fraction of sp³-hybridized carbons (Fsp3) is 0.143. The Labute approximate surface area is 127 Å². The molecule has 0 saturated carbocycles. The van der Waals surface area contributed by atoms with Gasteiger partial charge in [0.05, 0.1) is 4.90 Å². The molecule has 0 unspecified atom stereocenters. The Bertz CT molecular complexity index is 368. The molecular formula is C7H9AgClNNaO2S. The zero-order valence-corrected chi connectivity index (χ0v) is 9.77. The average molecular weight is 338 g/mol. The van der Waals surface area contributed by atoms with Gasteiger partial charge in [-0.2, -0.15) is 0 Å². The van der Waals surface area contributed by atoms with Crippen LogP contribution in [-0.4, -0.2) is 38.0 Å². The van der Waals surface area contributed by atoms with E-state index in [4.69, 9.17) is 11.8 Å². The molecule has 0 spiro atoms. The van der Waals surface area contributed by atoms with Crippen LogP contribution in [0.4, 0.5) is 0 Å². The molecule has 0 aliphatic carbocycles. The first kappa shape index (κ1) is 17.6. The van der Waals surface area contributed by atoms with Crippen molar-refractivity contribution in [3.63, 3.8) is 0 Å². The molecule has 0 saturated heterocycles. The molecule has 1 N–H and O–H groups in total. The van der Waals surface area contributed by atoms with Gasteiger partial charge < -0.3 is 0 Å². The van der Waals surface area contributed by atoms with Gasteiger partial charge in [-0.15, -0.1) is 4.24 Å². The summed E-state index contributed by atoms with van der Waals surface area (Å²) in [6.07, 6.45) is 0. The fourth-order valence-corrected chi connectivity index (χ4v) is 1.61. The van der Waals surface area contributed by atoms with Gasteiger partial charge in [0.25, 0.3) is 10.0 Å². The normalized spacial score (nSPS) is 9.86. The van der Waals surface area contributed by atoms with Gasteiger partial charge in [0.2, 0.25) is 0 Å². The van der Waals surface area contributed by atoms with Crippen molar-refractivity contribution in [2.24, 2.45) is 0 Å². The van der Waals surface area contributed by atoms with Crippen LogP contribution in [0.3, 0.4) is 0 Å². The predicted molar refractivity (Wildman–Crippen MR) is 54.5 cm³/mol. The molecule has 0 aliphatic heterocycles. The molecule has 1 radical (unpaired) electrons. The van der Waals surface area contributed by atoms with Crippen LogP contribution in [-0.2, 0) is 32.4 Å². The molecule has 0 aromatic heterocycles. The minimum atomic E-state index is -3.50. The summed E-state index contributed by atoms with van der Waals surface area (Å²) in [6.45, 7) is 1.88. The van der Waals surface area contributed by atoms with Crippen molar-refractivity contribution in [1.82, 2.24) is 4.24 Å². The second kappa shape index (κ2) is 7.44. The van der Waals surface area contributed by atoms with Crippen LogP contribution < -0.4 is 4.24 Å². The number of benzene rings is 1. The Balaban J connectivity index is 0. The number of nitrogens with one attached hydrogen (secondary N) is 1. The number of hydrogen-bond acceptors (Lipinski definition) is 2. The van der Waals surface area contributed by atoms with Gasteiger partial charge in [-0.05, 0) is 30.8 Å². The van der Waals surface area contributed by atoms with Crippen LogP contribution in [0.25, 0.3) is 0 Å². The van der Waals surface area contributed by atoms with E-state index in [9.17, 15) is 8.42 Å². The molecular weight excluding hydrogens is 328 g/mol. The molecule has 7 heteroatoms. The molecule has 79 valence electrons. The third-order valence-corrected chi connectivity index (χ3v) is 3.14. The van der Waals surface area contributed by atoms with Crippen LogP contribution in [0.1, 0.15) is 5.56 Å². The number of rotatable bonds is 2. The van der Waals surface area contributed by atoms with Crippen molar-refractivity contribution in [2.45, 2.75) is 11.8 Å². The van der Waals surface area contributed by atoms with Crippen LogP contribution in [0.15, 0.2) is 29.2 Å². The predicted octanol–water partition coefficient (Wildman–Crippen LogP) is 0.776. The summed E-state index contributed by atoms with van der Waals surface area (Å²) in [4.78, 5) is 0.170. The van der Waals surface area contributed by atoms with Gasteiger partial charge in [0.15, 0.2) is 0 Å². The zero-order chi connectivity index (χ0) is 9.19. The molecule has 0 bridgehead atoms. The first-order valence-corrected chi connectivity index (χ1v) is 5.11. The molecule has 1 aromatic rings. The summed E-state index contributed by atoms with van der Waals surface area (Å²) in [5.74, 6) is 0. The van der Waals surface area contributed by atoms with E-state index >= 15 is 0 Å². The minimum absolute atomic E-state index is 0. The fourth-order valence-electron chi connectivity index (χ4n) is 0.762. The van der Waals surface area contributed by atoms with Crippen LogP contribution in [0.2, 0.25) is 0 Å². The summed E-state index contributed by atoms with van der Waals surface area (Å²) in [5.41, 5.74) is 1.00. The van der Waals surface area contributed by atoms with Gasteiger partial charge in [0.1, 0.15) is 0 Å². The summed E-state index contributed by atoms with van der Waals surface area (Å²) in [6, 6.07) is 6.42. The van der Waals surface area contributed by atoms with Crippen LogP contribution in [0, 0.1) is 6.92 Å². The average Bonchev–Trinajstić information content (AvgIpc) is 2.05. The van der Waals surface area contributed by atoms with Gasteiger partial charge >= 0.3 is 29.6 Å². The molecule has 0 atom stereocenters. The van der Waals surface area contributed by atoms with E-state index in [0.29, 0.717) is 0 Å². The van der Waals surface area contributed by atoms with E-state index in [0.717, 1.165) is 5.56 Å². The van der Waals surface area contributed by atoms with Crippen molar-refractivity contribution < 1.29 is 30.8 Å². The Morgan fingerprint density at radius 3 is 2.00 bits per heavy atom. The molecule has 14 heavy (non-hydrogen) atoms. The third kappa shape index (κ3) is 4.79. The molecule has 0 heterocycles. The first-order chi connectivity index (χ1) is 5.56. The summed E-state index contributed by atoms with van der Waals surface area (Å²) in [5, 5.41) is 0. The second-order valence-corrected chi connectivity index (χ2v) is 4.49. The van der Waals surface area contributed by atoms with Crippen LogP contribution >= 0.6 is 11.8 Å². The molecule has 0 amide bonds. The van der Waals surface area contributed by atoms with E-state index in [1.54, 1.807) is 16.4 Å². The zero-order valence-electron chi connectivity index (χ0n) is 6.71. The Kier molecular flexibility index (Phi) is 9.32. The molecule has 3 nitrogen and oxygen atoms in total. The van der Waals surface area contributed by atoms with Crippen molar-refractivity contribution in [3.8, 4) is 0 Å². The Morgan fingerprint density at radius 2 is 1.64 bits per heavy atom. The topological polar surface area (TPSA) is 46.2 Å². The van der Waals surface area contributed by atoms with Crippen LogP contribution in [0.5, 0.6) is 0 Å². The number of aryl methyl sites for hydroxylation is 1. The number of halogens is 1. The molecule has 0 fully saturated rings. The van der Waals surface area contributed by atoms with E-state index < -0.39 is 10.0 Å². The summed E-state index contributed by atoms with van der Waals surface area (Å²) >= 11 is 5.03. The van der Waals surface area contributed by atoms with Crippen molar-refractivity contribution >= 4 is 51.4 Å². The monoisotopic (exact) mass is 336 g/mol. The van der Waals surface area contributed by atoms with E-state index in [2.05, 4.69) is 0 Å². The quantitative estimate of drug-likeness (QED) is 0.640. The van der Waals surface area contributed by atoms with E-state index in [-0.39, 0.29) is 56.8 Å². The standard InChI is InChI=1S/C7H8ClNO2S.Ag.Na.H/c1-6-2-4-7(5-3-6)12(10,11)9-8;;;/h2-5,9H,1H3;;;. The second-order valence-electron chi connectivity index (χ2n) is 2.39.